The number of hydrogen-bond acceptors (Lipinski definition) is 4. The number of hydrogen-bond donors (Lipinski definition) is 1. The summed E-state index contributed by atoms with van der Waals surface area (Å²) in [4.78, 5) is 27.7. The molecule has 0 saturated heterocycles. The van der Waals surface area contributed by atoms with Gasteiger partial charge in [0, 0.05) is 12.6 Å². The molecule has 0 unspecified atom stereocenters. The summed E-state index contributed by atoms with van der Waals surface area (Å²) in [6.45, 7) is 3.98. The molecule has 0 aromatic heterocycles. The SMILES string of the molecule is COc1ccc(CN(C(=O)COc2ccc(C)cc2)[C@H](C)C(=O)NC2CCCCC2)cc1. The van der Waals surface area contributed by atoms with Gasteiger partial charge in [0.05, 0.1) is 7.11 Å². The van der Waals surface area contributed by atoms with Crippen LogP contribution in [-0.2, 0) is 16.1 Å². The number of amides is 2. The van der Waals surface area contributed by atoms with Gasteiger partial charge in [-0.15, -0.1) is 0 Å². The summed E-state index contributed by atoms with van der Waals surface area (Å²) in [5.74, 6) is 1.03. The van der Waals surface area contributed by atoms with E-state index in [4.69, 9.17) is 9.47 Å². The van der Waals surface area contributed by atoms with E-state index in [9.17, 15) is 9.59 Å². The topological polar surface area (TPSA) is 67.9 Å². The summed E-state index contributed by atoms with van der Waals surface area (Å²) in [5.41, 5.74) is 2.05. The molecular formula is C26H34N2O4. The van der Waals surface area contributed by atoms with Crippen molar-refractivity contribution < 1.29 is 19.1 Å². The van der Waals surface area contributed by atoms with Crippen molar-refractivity contribution in [3.63, 3.8) is 0 Å². The number of carbonyl (C=O) groups is 2. The van der Waals surface area contributed by atoms with E-state index in [0.29, 0.717) is 12.3 Å². The number of rotatable bonds is 9. The maximum absolute atomic E-state index is 13.1. The second-order valence-electron chi connectivity index (χ2n) is 8.49. The van der Waals surface area contributed by atoms with Crippen LogP contribution in [0, 0.1) is 6.92 Å². The lowest BCUT2D eigenvalue weighted by atomic mass is 9.95. The minimum absolute atomic E-state index is 0.117. The molecule has 32 heavy (non-hydrogen) atoms. The van der Waals surface area contributed by atoms with Crippen LogP contribution in [0.5, 0.6) is 11.5 Å². The van der Waals surface area contributed by atoms with Crippen LogP contribution in [0.4, 0.5) is 0 Å². The first-order chi connectivity index (χ1) is 15.5. The lowest BCUT2D eigenvalue weighted by Gasteiger charge is -2.31. The van der Waals surface area contributed by atoms with Crippen LogP contribution < -0.4 is 14.8 Å². The van der Waals surface area contributed by atoms with Crippen LogP contribution in [0.1, 0.15) is 50.2 Å². The van der Waals surface area contributed by atoms with Crippen molar-refractivity contribution >= 4 is 11.8 Å². The van der Waals surface area contributed by atoms with Gasteiger partial charge in [-0.25, -0.2) is 0 Å². The smallest absolute Gasteiger partial charge is 0.261 e. The Balaban J connectivity index is 1.69. The van der Waals surface area contributed by atoms with Gasteiger partial charge in [0.2, 0.25) is 5.91 Å². The third-order valence-corrected chi connectivity index (χ3v) is 6.01. The van der Waals surface area contributed by atoms with Crippen molar-refractivity contribution in [3.8, 4) is 11.5 Å². The highest BCUT2D eigenvalue weighted by Gasteiger charge is 2.28. The number of ether oxygens (including phenoxy) is 2. The Kier molecular flexibility index (Phi) is 8.54. The largest absolute Gasteiger partial charge is 0.497 e. The van der Waals surface area contributed by atoms with Crippen molar-refractivity contribution in [1.82, 2.24) is 10.2 Å². The summed E-state index contributed by atoms with van der Waals surface area (Å²) in [7, 11) is 1.62. The normalized spacial score (nSPS) is 15.0. The van der Waals surface area contributed by atoms with Gasteiger partial charge in [-0.1, -0.05) is 49.1 Å². The number of aryl methyl sites for hydroxylation is 1. The van der Waals surface area contributed by atoms with E-state index in [0.717, 1.165) is 42.6 Å². The van der Waals surface area contributed by atoms with Gasteiger partial charge in [-0.05, 0) is 56.5 Å². The van der Waals surface area contributed by atoms with Gasteiger partial charge in [0.1, 0.15) is 17.5 Å². The van der Waals surface area contributed by atoms with Crippen LogP contribution in [0.2, 0.25) is 0 Å². The fourth-order valence-electron chi connectivity index (χ4n) is 3.94. The maximum Gasteiger partial charge on any atom is 0.261 e. The van der Waals surface area contributed by atoms with Gasteiger partial charge >= 0.3 is 0 Å². The molecule has 172 valence electrons. The Hall–Kier alpha value is -3.02. The molecule has 0 aliphatic heterocycles. The third-order valence-electron chi connectivity index (χ3n) is 6.01. The molecule has 2 amide bonds. The maximum atomic E-state index is 13.1. The quantitative estimate of drug-likeness (QED) is 0.636. The molecule has 0 heterocycles. The number of nitrogens with one attached hydrogen (secondary N) is 1. The number of carbonyl (C=O) groups excluding carboxylic acids is 2. The van der Waals surface area contributed by atoms with Crippen molar-refractivity contribution in [2.75, 3.05) is 13.7 Å². The Labute approximate surface area is 190 Å². The van der Waals surface area contributed by atoms with Gasteiger partial charge < -0.3 is 19.7 Å². The summed E-state index contributed by atoms with van der Waals surface area (Å²) < 4.78 is 10.9. The molecule has 2 aromatic carbocycles. The van der Waals surface area contributed by atoms with Crippen LogP contribution in [-0.4, -0.2) is 42.5 Å². The Morgan fingerprint density at radius 1 is 1.00 bits per heavy atom. The van der Waals surface area contributed by atoms with Crippen molar-refractivity contribution in [2.45, 2.75) is 64.6 Å². The lowest BCUT2D eigenvalue weighted by molar-refractivity contribution is -0.142. The minimum Gasteiger partial charge on any atom is -0.497 e. The molecule has 1 saturated carbocycles. The number of methoxy groups -OCH3 is 1. The zero-order chi connectivity index (χ0) is 22.9. The second kappa shape index (κ2) is 11.6. The monoisotopic (exact) mass is 438 g/mol. The van der Waals surface area contributed by atoms with Crippen LogP contribution in [0.3, 0.4) is 0 Å². The lowest BCUT2D eigenvalue weighted by Crippen LogP contribution is -2.51. The fraction of sp³-hybridized carbons (Fsp3) is 0.462. The summed E-state index contributed by atoms with van der Waals surface area (Å²) in [6.07, 6.45) is 5.50. The van der Waals surface area contributed by atoms with Crippen LogP contribution in [0.25, 0.3) is 0 Å². The van der Waals surface area contributed by atoms with Crippen LogP contribution in [0.15, 0.2) is 48.5 Å². The van der Waals surface area contributed by atoms with Gasteiger partial charge in [0.25, 0.3) is 5.91 Å². The van der Waals surface area contributed by atoms with Crippen molar-refractivity contribution in [1.29, 1.82) is 0 Å². The predicted molar refractivity (Wildman–Crippen MR) is 125 cm³/mol. The van der Waals surface area contributed by atoms with Crippen LogP contribution >= 0.6 is 0 Å². The zero-order valence-electron chi connectivity index (χ0n) is 19.3. The Bertz CT molecular complexity index is 874. The molecule has 0 spiro atoms. The summed E-state index contributed by atoms with van der Waals surface area (Å²) in [6, 6.07) is 14.7. The summed E-state index contributed by atoms with van der Waals surface area (Å²) >= 11 is 0. The minimum atomic E-state index is -0.604. The first-order valence-electron chi connectivity index (χ1n) is 11.4. The van der Waals surface area contributed by atoms with E-state index >= 15 is 0 Å². The fourth-order valence-corrected chi connectivity index (χ4v) is 3.94. The van der Waals surface area contributed by atoms with E-state index < -0.39 is 6.04 Å². The van der Waals surface area contributed by atoms with Crippen molar-refractivity contribution in [3.05, 3.63) is 59.7 Å². The standard InChI is InChI=1S/C26H34N2O4/c1-19-9-13-24(14-10-19)32-18-25(29)28(17-21-11-15-23(31-3)16-12-21)20(2)26(30)27-22-7-5-4-6-8-22/h9-16,20,22H,4-8,17-18H2,1-3H3,(H,27,30)/t20-/m1/s1. The number of nitrogens with zero attached hydrogens (tertiary/aromatic N) is 1. The Morgan fingerprint density at radius 2 is 1.62 bits per heavy atom. The molecule has 3 rings (SSSR count). The molecule has 1 fully saturated rings. The van der Waals surface area contributed by atoms with Gasteiger partial charge in [0.15, 0.2) is 6.61 Å². The molecule has 1 N–H and O–H groups in total. The highest BCUT2D eigenvalue weighted by molar-refractivity contribution is 5.88. The summed E-state index contributed by atoms with van der Waals surface area (Å²) in [5, 5.41) is 3.14. The van der Waals surface area contributed by atoms with E-state index in [2.05, 4.69) is 5.32 Å². The highest BCUT2D eigenvalue weighted by atomic mass is 16.5. The predicted octanol–water partition coefficient (Wildman–Crippen LogP) is 4.25. The molecule has 6 nitrogen and oxygen atoms in total. The number of benzene rings is 2. The van der Waals surface area contributed by atoms with Gasteiger partial charge in [-0.3, -0.25) is 9.59 Å². The molecular weight excluding hydrogens is 404 g/mol. The molecule has 2 aromatic rings. The van der Waals surface area contributed by atoms with E-state index in [1.165, 1.54) is 6.42 Å². The average Bonchev–Trinajstić information content (AvgIpc) is 2.82. The van der Waals surface area contributed by atoms with Gasteiger partial charge in [-0.2, -0.15) is 0 Å². The molecule has 0 radical (unpaired) electrons. The first kappa shape index (κ1) is 23.6. The first-order valence-corrected chi connectivity index (χ1v) is 11.4. The molecule has 1 aliphatic carbocycles. The molecule has 1 atom stereocenters. The van der Waals surface area contributed by atoms with E-state index in [-0.39, 0.29) is 24.5 Å². The zero-order valence-corrected chi connectivity index (χ0v) is 19.3. The highest BCUT2D eigenvalue weighted by Crippen LogP contribution is 2.19. The third kappa shape index (κ3) is 6.74. The molecule has 6 heteroatoms. The molecule has 1 aliphatic rings. The second-order valence-corrected chi connectivity index (χ2v) is 8.49. The van der Waals surface area contributed by atoms with E-state index in [1.807, 2.05) is 55.5 Å². The molecule has 0 bridgehead atoms. The van der Waals surface area contributed by atoms with E-state index in [1.54, 1.807) is 18.9 Å². The van der Waals surface area contributed by atoms with Crippen molar-refractivity contribution in [2.24, 2.45) is 0 Å². The Morgan fingerprint density at radius 3 is 2.25 bits per heavy atom. The average molecular weight is 439 g/mol.